The van der Waals surface area contributed by atoms with Gasteiger partial charge in [-0.1, -0.05) is 0 Å². The standard InChI is InChI=1S/C10H11N5O2S/c1-18-9-5(4-11)6-7(15(9)2-3-16)13-10(12)14-8(6)17/h16H,2-3H2,1H3,(H3,12,13,14,17). The van der Waals surface area contributed by atoms with Crippen LogP contribution in [0.3, 0.4) is 0 Å². The summed E-state index contributed by atoms with van der Waals surface area (Å²) in [5.74, 6) is -0.0127. The topological polar surface area (TPSA) is 121 Å². The Bertz CT molecular complexity index is 697. The van der Waals surface area contributed by atoms with E-state index in [-0.39, 0.29) is 30.0 Å². The van der Waals surface area contributed by atoms with Gasteiger partial charge in [-0.15, -0.1) is 11.8 Å². The monoisotopic (exact) mass is 265 g/mol. The Labute approximate surface area is 106 Å². The number of hydrogen-bond acceptors (Lipinski definition) is 6. The number of aromatic nitrogens is 3. The van der Waals surface area contributed by atoms with E-state index in [1.807, 2.05) is 6.07 Å². The molecule has 2 aromatic heterocycles. The van der Waals surface area contributed by atoms with Crippen molar-refractivity contribution in [2.24, 2.45) is 0 Å². The lowest BCUT2D eigenvalue weighted by atomic mass is 10.3. The van der Waals surface area contributed by atoms with Gasteiger partial charge in [0.2, 0.25) is 5.95 Å². The third-order valence-corrected chi connectivity index (χ3v) is 3.32. The maximum Gasteiger partial charge on any atom is 0.263 e. The van der Waals surface area contributed by atoms with Gasteiger partial charge < -0.3 is 15.4 Å². The number of nitrogens with two attached hydrogens (primary N) is 1. The molecular weight excluding hydrogens is 254 g/mol. The van der Waals surface area contributed by atoms with E-state index in [2.05, 4.69) is 9.97 Å². The third-order valence-electron chi connectivity index (χ3n) is 2.51. The van der Waals surface area contributed by atoms with Crippen molar-refractivity contribution in [1.29, 1.82) is 5.26 Å². The van der Waals surface area contributed by atoms with E-state index in [0.717, 1.165) is 0 Å². The second-order valence-electron chi connectivity index (χ2n) is 3.52. The largest absolute Gasteiger partial charge is 0.395 e. The van der Waals surface area contributed by atoms with Gasteiger partial charge in [0.25, 0.3) is 5.56 Å². The highest BCUT2D eigenvalue weighted by Crippen LogP contribution is 2.28. The summed E-state index contributed by atoms with van der Waals surface area (Å²) in [6.45, 7) is 0.140. The van der Waals surface area contributed by atoms with Gasteiger partial charge in [-0.25, -0.2) is 0 Å². The average molecular weight is 265 g/mol. The van der Waals surface area contributed by atoms with E-state index >= 15 is 0 Å². The molecule has 0 aliphatic heterocycles. The molecule has 0 unspecified atom stereocenters. The molecular formula is C10H11N5O2S. The molecule has 8 heteroatoms. The van der Waals surface area contributed by atoms with Crippen molar-refractivity contribution in [3.05, 3.63) is 15.9 Å². The van der Waals surface area contributed by atoms with Gasteiger partial charge >= 0.3 is 0 Å². The van der Waals surface area contributed by atoms with Gasteiger partial charge in [-0.2, -0.15) is 10.2 Å². The van der Waals surface area contributed by atoms with Crippen LogP contribution in [0.4, 0.5) is 5.95 Å². The Hall–Kier alpha value is -1.98. The zero-order chi connectivity index (χ0) is 13.3. The fourth-order valence-corrected chi connectivity index (χ4v) is 2.61. The zero-order valence-electron chi connectivity index (χ0n) is 9.60. The Morgan fingerprint density at radius 1 is 1.67 bits per heavy atom. The first kappa shape index (κ1) is 12.5. The normalized spacial score (nSPS) is 10.7. The highest BCUT2D eigenvalue weighted by atomic mass is 32.2. The van der Waals surface area contributed by atoms with Crippen molar-refractivity contribution < 1.29 is 5.11 Å². The van der Waals surface area contributed by atoms with Gasteiger partial charge in [-0.3, -0.25) is 9.78 Å². The van der Waals surface area contributed by atoms with Crippen molar-refractivity contribution in [3.8, 4) is 6.07 Å². The van der Waals surface area contributed by atoms with Crippen LogP contribution < -0.4 is 11.3 Å². The Morgan fingerprint density at radius 3 is 2.94 bits per heavy atom. The molecule has 7 nitrogen and oxygen atoms in total. The molecule has 0 saturated heterocycles. The number of nitrogens with zero attached hydrogens (tertiary/aromatic N) is 3. The molecule has 0 aromatic carbocycles. The molecule has 2 heterocycles. The minimum Gasteiger partial charge on any atom is -0.395 e. The summed E-state index contributed by atoms with van der Waals surface area (Å²) in [6, 6.07) is 2.00. The lowest BCUT2D eigenvalue weighted by molar-refractivity contribution is 0.274. The minimum absolute atomic E-state index is 0.0127. The molecule has 0 aliphatic carbocycles. The molecule has 0 bridgehead atoms. The van der Waals surface area contributed by atoms with Crippen LogP contribution in [-0.2, 0) is 6.54 Å². The molecule has 0 radical (unpaired) electrons. The third kappa shape index (κ3) is 1.73. The number of nitrogens with one attached hydrogen (secondary N) is 1. The van der Waals surface area contributed by atoms with E-state index in [4.69, 9.17) is 10.8 Å². The minimum atomic E-state index is -0.443. The van der Waals surface area contributed by atoms with Crippen LogP contribution in [0.1, 0.15) is 5.56 Å². The summed E-state index contributed by atoms with van der Waals surface area (Å²) >= 11 is 1.32. The maximum absolute atomic E-state index is 11.9. The van der Waals surface area contributed by atoms with Crippen molar-refractivity contribution in [2.45, 2.75) is 11.6 Å². The highest BCUT2D eigenvalue weighted by Gasteiger charge is 2.20. The van der Waals surface area contributed by atoms with E-state index < -0.39 is 5.56 Å². The predicted octanol–water partition coefficient (Wildman–Crippen LogP) is -0.107. The van der Waals surface area contributed by atoms with Gasteiger partial charge in [0.1, 0.15) is 11.5 Å². The molecule has 0 atom stereocenters. The number of aromatic amines is 1. The first-order valence-corrected chi connectivity index (χ1v) is 6.33. The molecule has 2 rings (SSSR count). The van der Waals surface area contributed by atoms with Gasteiger partial charge in [0.05, 0.1) is 17.2 Å². The summed E-state index contributed by atoms with van der Waals surface area (Å²) in [4.78, 5) is 18.3. The molecule has 4 N–H and O–H groups in total. The molecule has 0 amide bonds. The first-order chi connectivity index (χ1) is 8.63. The van der Waals surface area contributed by atoms with E-state index in [1.54, 1.807) is 10.8 Å². The summed E-state index contributed by atoms with van der Waals surface area (Å²) in [5, 5.41) is 19.0. The molecule has 0 aliphatic rings. The second kappa shape index (κ2) is 4.72. The van der Waals surface area contributed by atoms with Crippen molar-refractivity contribution >= 4 is 28.7 Å². The number of anilines is 1. The number of rotatable bonds is 3. The lowest BCUT2D eigenvalue weighted by Gasteiger charge is -2.05. The Kier molecular flexibility index (Phi) is 3.27. The molecule has 2 aromatic rings. The number of hydrogen-bond donors (Lipinski definition) is 3. The van der Waals surface area contributed by atoms with Crippen LogP contribution in [0.25, 0.3) is 11.0 Å². The molecule has 94 valence electrons. The predicted molar refractivity (Wildman–Crippen MR) is 68.3 cm³/mol. The van der Waals surface area contributed by atoms with Crippen molar-refractivity contribution in [1.82, 2.24) is 14.5 Å². The average Bonchev–Trinajstić information content (AvgIpc) is 2.63. The quantitative estimate of drug-likeness (QED) is 0.666. The maximum atomic E-state index is 11.9. The highest BCUT2D eigenvalue weighted by molar-refractivity contribution is 7.98. The second-order valence-corrected chi connectivity index (χ2v) is 4.32. The van der Waals surface area contributed by atoms with Crippen LogP contribution in [-0.4, -0.2) is 32.5 Å². The number of thioether (sulfide) groups is 1. The number of nitriles is 1. The number of aliphatic hydroxyl groups is 1. The van der Waals surface area contributed by atoms with Crippen LogP contribution >= 0.6 is 11.8 Å². The van der Waals surface area contributed by atoms with Gasteiger partial charge in [0.15, 0.2) is 5.65 Å². The number of H-pyrrole nitrogens is 1. The van der Waals surface area contributed by atoms with Crippen LogP contribution in [0.5, 0.6) is 0 Å². The van der Waals surface area contributed by atoms with Gasteiger partial charge in [0, 0.05) is 6.54 Å². The molecule has 18 heavy (non-hydrogen) atoms. The summed E-state index contributed by atoms with van der Waals surface area (Å²) in [5.41, 5.74) is 5.65. The summed E-state index contributed by atoms with van der Waals surface area (Å²) in [7, 11) is 0. The lowest BCUT2D eigenvalue weighted by Crippen LogP contribution is -2.12. The zero-order valence-corrected chi connectivity index (χ0v) is 10.4. The number of aliphatic hydroxyl groups excluding tert-OH is 1. The molecule has 0 saturated carbocycles. The van der Waals surface area contributed by atoms with E-state index in [9.17, 15) is 10.1 Å². The van der Waals surface area contributed by atoms with Crippen LogP contribution in [0.2, 0.25) is 0 Å². The fraction of sp³-hybridized carbons (Fsp3) is 0.300. The molecule has 0 fully saturated rings. The van der Waals surface area contributed by atoms with E-state index in [1.165, 1.54) is 11.8 Å². The van der Waals surface area contributed by atoms with E-state index in [0.29, 0.717) is 10.7 Å². The number of nitrogen functional groups attached to an aromatic ring is 1. The smallest absolute Gasteiger partial charge is 0.263 e. The van der Waals surface area contributed by atoms with Crippen LogP contribution in [0, 0.1) is 11.3 Å². The van der Waals surface area contributed by atoms with Crippen molar-refractivity contribution in [2.75, 3.05) is 18.6 Å². The molecule has 0 spiro atoms. The Morgan fingerprint density at radius 2 is 2.39 bits per heavy atom. The SMILES string of the molecule is CSc1c(C#N)c2c(=O)[nH]c(N)nc2n1CCO. The van der Waals surface area contributed by atoms with Gasteiger partial charge in [-0.05, 0) is 6.26 Å². The first-order valence-electron chi connectivity index (χ1n) is 5.11. The Balaban J connectivity index is 2.97. The number of fused-ring (bicyclic) bond motifs is 1. The summed E-state index contributed by atoms with van der Waals surface area (Å²) < 4.78 is 1.63. The van der Waals surface area contributed by atoms with Crippen LogP contribution in [0.15, 0.2) is 9.82 Å². The fourth-order valence-electron chi connectivity index (χ4n) is 1.86. The summed E-state index contributed by atoms with van der Waals surface area (Å²) in [6.07, 6.45) is 1.79. The van der Waals surface area contributed by atoms with Crippen molar-refractivity contribution in [3.63, 3.8) is 0 Å².